The van der Waals surface area contributed by atoms with E-state index in [1.807, 2.05) is 25.2 Å². The lowest BCUT2D eigenvalue weighted by Crippen LogP contribution is -2.31. The predicted octanol–water partition coefficient (Wildman–Crippen LogP) is 3.79. The van der Waals surface area contributed by atoms with E-state index in [4.69, 9.17) is 22.1 Å². The number of hydrogen-bond acceptors (Lipinski definition) is 3. The number of nitrogens with two attached hydrogens (primary N) is 1. The first-order valence-electron chi connectivity index (χ1n) is 6.90. The van der Waals surface area contributed by atoms with Crippen molar-refractivity contribution in [1.82, 2.24) is 0 Å². The Morgan fingerprint density at radius 2 is 1.86 bits per heavy atom. The van der Waals surface area contributed by atoms with E-state index in [1.165, 1.54) is 5.56 Å². The van der Waals surface area contributed by atoms with Crippen molar-refractivity contribution >= 4 is 17.3 Å². The van der Waals surface area contributed by atoms with Crippen LogP contribution in [0.1, 0.15) is 17.2 Å². The quantitative estimate of drug-likeness (QED) is 0.913. The second-order valence-corrected chi connectivity index (χ2v) is 5.46. The van der Waals surface area contributed by atoms with E-state index in [0.717, 1.165) is 17.0 Å². The van der Waals surface area contributed by atoms with Gasteiger partial charge < -0.3 is 15.4 Å². The van der Waals surface area contributed by atoms with Gasteiger partial charge in [0, 0.05) is 29.9 Å². The molecule has 0 saturated heterocycles. The highest BCUT2D eigenvalue weighted by atomic mass is 35.5. The first-order valence-corrected chi connectivity index (χ1v) is 7.28. The number of nitrogens with zero attached hydrogens (tertiary/aromatic N) is 1. The second kappa shape index (κ2) is 6.83. The van der Waals surface area contributed by atoms with Crippen molar-refractivity contribution in [3.05, 3.63) is 58.6 Å². The fourth-order valence-corrected chi connectivity index (χ4v) is 2.74. The highest BCUT2D eigenvalue weighted by Crippen LogP contribution is 2.36. The largest absolute Gasteiger partial charge is 0.496 e. The molecule has 0 aliphatic heterocycles. The van der Waals surface area contributed by atoms with E-state index >= 15 is 0 Å². The molecule has 0 bridgehead atoms. The maximum atomic E-state index is 6.38. The predicted molar refractivity (Wildman–Crippen MR) is 89.4 cm³/mol. The summed E-state index contributed by atoms with van der Waals surface area (Å²) >= 11 is 6.38. The van der Waals surface area contributed by atoms with Gasteiger partial charge in [-0.2, -0.15) is 0 Å². The minimum Gasteiger partial charge on any atom is -0.496 e. The smallest absolute Gasteiger partial charge is 0.125 e. The Balaban J connectivity index is 2.42. The summed E-state index contributed by atoms with van der Waals surface area (Å²) in [5.41, 5.74) is 9.26. The first-order chi connectivity index (χ1) is 10.1. The molecule has 3 nitrogen and oxygen atoms in total. The van der Waals surface area contributed by atoms with Crippen molar-refractivity contribution in [2.75, 3.05) is 25.6 Å². The number of methoxy groups -OCH3 is 1. The molecule has 2 aromatic carbocycles. The minimum absolute atomic E-state index is 0.0450. The number of benzene rings is 2. The normalized spacial score (nSPS) is 12.0. The summed E-state index contributed by atoms with van der Waals surface area (Å²) in [6, 6.07) is 14.0. The van der Waals surface area contributed by atoms with Crippen molar-refractivity contribution in [1.29, 1.82) is 0 Å². The van der Waals surface area contributed by atoms with Gasteiger partial charge in [0.15, 0.2) is 0 Å². The molecule has 21 heavy (non-hydrogen) atoms. The van der Waals surface area contributed by atoms with Gasteiger partial charge in [-0.25, -0.2) is 0 Å². The van der Waals surface area contributed by atoms with Gasteiger partial charge in [0.1, 0.15) is 5.75 Å². The molecule has 1 unspecified atom stereocenters. The summed E-state index contributed by atoms with van der Waals surface area (Å²) < 4.78 is 5.45. The highest BCUT2D eigenvalue weighted by Gasteiger charge is 2.22. The number of halogens is 1. The van der Waals surface area contributed by atoms with Gasteiger partial charge in [0.25, 0.3) is 0 Å². The van der Waals surface area contributed by atoms with Crippen LogP contribution in [0.15, 0.2) is 42.5 Å². The molecular formula is C17H21ClN2O. The summed E-state index contributed by atoms with van der Waals surface area (Å²) in [7, 11) is 3.67. The maximum Gasteiger partial charge on any atom is 0.125 e. The Hall–Kier alpha value is -1.71. The molecule has 0 saturated carbocycles. The first kappa shape index (κ1) is 15.7. The van der Waals surface area contributed by atoms with Gasteiger partial charge in [0.05, 0.1) is 13.2 Å². The summed E-state index contributed by atoms with van der Waals surface area (Å²) in [6.45, 7) is 2.52. The third kappa shape index (κ3) is 3.31. The van der Waals surface area contributed by atoms with Crippen LogP contribution >= 0.6 is 11.6 Å². The average Bonchev–Trinajstić information content (AvgIpc) is 2.50. The molecule has 2 aromatic rings. The topological polar surface area (TPSA) is 38.5 Å². The lowest BCUT2D eigenvalue weighted by molar-refractivity contribution is 0.405. The van der Waals surface area contributed by atoms with Gasteiger partial charge in [-0.1, -0.05) is 35.4 Å². The van der Waals surface area contributed by atoms with E-state index in [1.54, 1.807) is 7.11 Å². The third-order valence-electron chi connectivity index (χ3n) is 3.70. The average molecular weight is 305 g/mol. The summed E-state index contributed by atoms with van der Waals surface area (Å²) in [5.74, 6) is 0.761. The van der Waals surface area contributed by atoms with Crippen LogP contribution in [0.2, 0.25) is 5.02 Å². The monoisotopic (exact) mass is 304 g/mol. The summed E-state index contributed by atoms with van der Waals surface area (Å²) in [5, 5.41) is 0.670. The molecule has 0 aliphatic carbocycles. The number of anilines is 1. The number of hydrogen-bond donors (Lipinski definition) is 1. The van der Waals surface area contributed by atoms with Crippen molar-refractivity contribution in [3.8, 4) is 5.75 Å². The van der Waals surface area contributed by atoms with Crippen LogP contribution in [0.3, 0.4) is 0 Å². The van der Waals surface area contributed by atoms with E-state index < -0.39 is 0 Å². The molecule has 0 amide bonds. The Kier molecular flexibility index (Phi) is 5.10. The Morgan fingerprint density at radius 3 is 2.43 bits per heavy atom. The molecular weight excluding hydrogens is 284 g/mol. The Bertz CT molecular complexity index is 598. The molecule has 0 radical (unpaired) electrons. The van der Waals surface area contributed by atoms with Crippen LogP contribution in [-0.4, -0.2) is 20.7 Å². The van der Waals surface area contributed by atoms with Gasteiger partial charge in [0.2, 0.25) is 0 Å². The lowest BCUT2D eigenvalue weighted by Gasteiger charge is -2.31. The van der Waals surface area contributed by atoms with E-state index in [0.29, 0.717) is 11.6 Å². The fraction of sp³-hybridized carbons (Fsp3) is 0.294. The van der Waals surface area contributed by atoms with Gasteiger partial charge in [-0.05, 0) is 31.2 Å². The van der Waals surface area contributed by atoms with Gasteiger partial charge in [-0.3, -0.25) is 0 Å². The zero-order valence-corrected chi connectivity index (χ0v) is 13.4. The van der Waals surface area contributed by atoms with Crippen LogP contribution in [0.25, 0.3) is 0 Å². The SMILES string of the molecule is COc1cccc(Cl)c1C(CN)N(C)c1ccc(C)cc1. The third-order valence-corrected chi connectivity index (χ3v) is 4.03. The van der Waals surface area contributed by atoms with Crippen LogP contribution in [-0.2, 0) is 0 Å². The number of aryl methyl sites for hydroxylation is 1. The molecule has 4 heteroatoms. The minimum atomic E-state index is -0.0450. The molecule has 0 fully saturated rings. The van der Waals surface area contributed by atoms with Gasteiger partial charge >= 0.3 is 0 Å². The van der Waals surface area contributed by atoms with Crippen molar-refractivity contribution in [2.45, 2.75) is 13.0 Å². The Labute approximate surface area is 131 Å². The molecule has 2 rings (SSSR count). The number of ether oxygens (including phenoxy) is 1. The Morgan fingerprint density at radius 1 is 1.19 bits per heavy atom. The standard InChI is InChI=1S/C17H21ClN2O/c1-12-7-9-13(10-8-12)20(2)15(11-19)17-14(18)5-4-6-16(17)21-3/h4-10,15H,11,19H2,1-3H3. The maximum absolute atomic E-state index is 6.38. The number of rotatable bonds is 5. The lowest BCUT2D eigenvalue weighted by atomic mass is 10.0. The molecule has 0 spiro atoms. The van der Waals surface area contributed by atoms with E-state index in [9.17, 15) is 0 Å². The molecule has 0 heterocycles. The summed E-state index contributed by atoms with van der Waals surface area (Å²) in [4.78, 5) is 2.13. The van der Waals surface area contributed by atoms with Crippen LogP contribution in [0.5, 0.6) is 5.75 Å². The van der Waals surface area contributed by atoms with Crippen molar-refractivity contribution < 1.29 is 4.74 Å². The zero-order chi connectivity index (χ0) is 15.4. The van der Waals surface area contributed by atoms with E-state index in [-0.39, 0.29) is 6.04 Å². The molecule has 112 valence electrons. The fourth-order valence-electron chi connectivity index (χ4n) is 2.45. The second-order valence-electron chi connectivity index (χ2n) is 5.05. The number of likely N-dealkylation sites (N-methyl/N-ethyl adjacent to an activating group) is 1. The molecule has 0 aliphatic rings. The zero-order valence-electron chi connectivity index (χ0n) is 12.6. The van der Waals surface area contributed by atoms with E-state index in [2.05, 4.69) is 36.1 Å². The van der Waals surface area contributed by atoms with Crippen LogP contribution in [0.4, 0.5) is 5.69 Å². The van der Waals surface area contributed by atoms with Crippen molar-refractivity contribution in [2.24, 2.45) is 5.73 Å². The van der Waals surface area contributed by atoms with Crippen molar-refractivity contribution in [3.63, 3.8) is 0 Å². The van der Waals surface area contributed by atoms with Gasteiger partial charge in [-0.15, -0.1) is 0 Å². The summed E-state index contributed by atoms with van der Waals surface area (Å²) in [6.07, 6.45) is 0. The van der Waals surface area contributed by atoms with Crippen LogP contribution in [0, 0.1) is 6.92 Å². The highest BCUT2D eigenvalue weighted by molar-refractivity contribution is 6.31. The molecule has 1 atom stereocenters. The molecule has 0 aromatic heterocycles. The molecule has 2 N–H and O–H groups in total. The van der Waals surface area contributed by atoms with Crippen LogP contribution < -0.4 is 15.4 Å².